The minimum absolute atomic E-state index is 0.164. The second-order valence-electron chi connectivity index (χ2n) is 3.97. The summed E-state index contributed by atoms with van der Waals surface area (Å²) in [5.74, 6) is 0. The van der Waals surface area contributed by atoms with E-state index in [0.29, 0.717) is 0 Å². The smallest absolute Gasteiger partial charge is 0.406 e. The van der Waals surface area contributed by atoms with E-state index in [2.05, 4.69) is 9.80 Å². The zero-order valence-electron chi connectivity index (χ0n) is 8.86. The van der Waals surface area contributed by atoms with Gasteiger partial charge in [0, 0.05) is 13.1 Å². The number of hydrogen-bond donors (Lipinski definition) is 0. The maximum absolute atomic E-state index is 5.36. The van der Waals surface area contributed by atoms with Crippen LogP contribution in [0.25, 0.3) is 0 Å². The lowest BCUT2D eigenvalue weighted by molar-refractivity contribution is 0.103. The molecule has 0 spiro atoms. The SMILES string of the molecule is CN(C)C[C@H]1O[B]O[C@@H]1CN(C)C. The molecule has 1 saturated heterocycles. The largest absolute Gasteiger partial charge is 0.488 e. The van der Waals surface area contributed by atoms with Gasteiger partial charge in [-0.2, -0.15) is 0 Å². The predicted molar refractivity (Wildman–Crippen MR) is 52.6 cm³/mol. The molecule has 0 aromatic heterocycles. The van der Waals surface area contributed by atoms with Crippen LogP contribution in [-0.2, 0) is 9.31 Å². The van der Waals surface area contributed by atoms with Gasteiger partial charge in [-0.3, -0.25) is 0 Å². The molecule has 1 fully saturated rings. The van der Waals surface area contributed by atoms with Crippen molar-refractivity contribution in [3.8, 4) is 0 Å². The van der Waals surface area contributed by atoms with Crippen LogP contribution in [0, 0.1) is 0 Å². The summed E-state index contributed by atoms with van der Waals surface area (Å²) in [6.45, 7) is 1.80. The van der Waals surface area contributed by atoms with Crippen LogP contribution in [0.4, 0.5) is 0 Å². The van der Waals surface area contributed by atoms with E-state index < -0.39 is 0 Å². The number of likely N-dealkylation sites (N-methyl/N-ethyl adjacent to an activating group) is 2. The molecule has 1 aliphatic rings. The highest BCUT2D eigenvalue weighted by Crippen LogP contribution is 2.12. The second kappa shape index (κ2) is 4.95. The Bertz CT molecular complexity index is 139. The summed E-state index contributed by atoms with van der Waals surface area (Å²) < 4.78 is 10.7. The zero-order valence-corrected chi connectivity index (χ0v) is 8.86. The fourth-order valence-electron chi connectivity index (χ4n) is 1.39. The lowest BCUT2D eigenvalue weighted by atomic mass is 10.2. The molecular formula is C8H18BN2O2. The molecule has 0 aliphatic carbocycles. The lowest BCUT2D eigenvalue weighted by Gasteiger charge is -2.24. The molecule has 75 valence electrons. The molecule has 1 aliphatic heterocycles. The first-order valence-corrected chi connectivity index (χ1v) is 4.51. The minimum Gasteiger partial charge on any atom is -0.406 e. The third-order valence-electron chi connectivity index (χ3n) is 1.97. The highest BCUT2D eigenvalue weighted by atomic mass is 16.6. The van der Waals surface area contributed by atoms with Crippen molar-refractivity contribution in [2.24, 2.45) is 0 Å². The predicted octanol–water partition coefficient (Wildman–Crippen LogP) is -0.572. The average molecular weight is 185 g/mol. The molecule has 2 atom stereocenters. The highest BCUT2D eigenvalue weighted by molar-refractivity contribution is 6.19. The molecule has 0 saturated carbocycles. The molecule has 5 heteroatoms. The quantitative estimate of drug-likeness (QED) is 0.547. The Balaban J connectivity index is 2.35. The van der Waals surface area contributed by atoms with Crippen molar-refractivity contribution in [1.82, 2.24) is 9.80 Å². The summed E-state index contributed by atoms with van der Waals surface area (Å²) in [6.07, 6.45) is 0.329. The van der Waals surface area contributed by atoms with E-state index in [0.717, 1.165) is 13.1 Å². The Morgan fingerprint density at radius 1 is 0.923 bits per heavy atom. The molecule has 0 aromatic carbocycles. The fraction of sp³-hybridized carbons (Fsp3) is 1.00. The normalized spacial score (nSPS) is 28.5. The average Bonchev–Trinajstić information content (AvgIpc) is 2.34. The van der Waals surface area contributed by atoms with E-state index in [1.165, 1.54) is 7.69 Å². The van der Waals surface area contributed by atoms with Gasteiger partial charge in [-0.1, -0.05) is 0 Å². The van der Waals surface area contributed by atoms with Gasteiger partial charge < -0.3 is 19.1 Å². The summed E-state index contributed by atoms with van der Waals surface area (Å²) in [5.41, 5.74) is 0. The number of rotatable bonds is 4. The standard InChI is InChI=1S/C8H18BN2O2/c1-10(2)5-7-8(6-11(3)4)13-9-12-7/h7-8H,5-6H2,1-4H3/t7-,8-/m1/s1. The third kappa shape index (κ3) is 3.64. The zero-order chi connectivity index (χ0) is 9.84. The van der Waals surface area contributed by atoms with Crippen LogP contribution in [0.2, 0.25) is 0 Å². The van der Waals surface area contributed by atoms with Crippen molar-refractivity contribution in [3.05, 3.63) is 0 Å². The Hall–Kier alpha value is -0.0951. The molecule has 0 bridgehead atoms. The van der Waals surface area contributed by atoms with E-state index in [-0.39, 0.29) is 12.2 Å². The monoisotopic (exact) mass is 185 g/mol. The van der Waals surface area contributed by atoms with Crippen molar-refractivity contribution in [2.45, 2.75) is 12.2 Å². The molecule has 0 amide bonds. The van der Waals surface area contributed by atoms with Gasteiger partial charge in [-0.25, -0.2) is 0 Å². The van der Waals surface area contributed by atoms with Crippen LogP contribution in [0.15, 0.2) is 0 Å². The van der Waals surface area contributed by atoms with Gasteiger partial charge in [0.05, 0.1) is 12.2 Å². The molecule has 0 aromatic rings. The topological polar surface area (TPSA) is 24.9 Å². The van der Waals surface area contributed by atoms with Gasteiger partial charge in [-0.15, -0.1) is 0 Å². The first kappa shape index (κ1) is 11.0. The van der Waals surface area contributed by atoms with E-state index in [1.54, 1.807) is 0 Å². The van der Waals surface area contributed by atoms with Crippen LogP contribution in [0.1, 0.15) is 0 Å². The Morgan fingerprint density at radius 3 is 1.62 bits per heavy atom. The van der Waals surface area contributed by atoms with E-state index in [9.17, 15) is 0 Å². The minimum atomic E-state index is 0.164. The van der Waals surface area contributed by atoms with Gasteiger partial charge in [0.1, 0.15) is 0 Å². The van der Waals surface area contributed by atoms with E-state index >= 15 is 0 Å². The van der Waals surface area contributed by atoms with Gasteiger partial charge in [0.25, 0.3) is 0 Å². The molecule has 13 heavy (non-hydrogen) atoms. The fourth-order valence-corrected chi connectivity index (χ4v) is 1.39. The van der Waals surface area contributed by atoms with E-state index in [4.69, 9.17) is 9.31 Å². The van der Waals surface area contributed by atoms with Crippen LogP contribution in [0.3, 0.4) is 0 Å². The molecule has 0 unspecified atom stereocenters. The summed E-state index contributed by atoms with van der Waals surface area (Å²) in [7, 11) is 9.61. The maximum atomic E-state index is 5.36. The van der Waals surface area contributed by atoms with Crippen LogP contribution >= 0.6 is 0 Å². The Kier molecular flexibility index (Phi) is 4.19. The van der Waals surface area contributed by atoms with Crippen molar-refractivity contribution < 1.29 is 9.31 Å². The second-order valence-corrected chi connectivity index (χ2v) is 3.97. The third-order valence-corrected chi connectivity index (χ3v) is 1.97. The van der Waals surface area contributed by atoms with Gasteiger partial charge in [-0.05, 0) is 28.2 Å². The van der Waals surface area contributed by atoms with Crippen LogP contribution in [-0.4, -0.2) is 71.0 Å². The van der Waals surface area contributed by atoms with Crippen molar-refractivity contribution in [1.29, 1.82) is 0 Å². The van der Waals surface area contributed by atoms with Gasteiger partial charge >= 0.3 is 7.69 Å². The summed E-state index contributed by atoms with van der Waals surface area (Å²) in [6, 6.07) is 0. The number of hydrogen-bond acceptors (Lipinski definition) is 4. The summed E-state index contributed by atoms with van der Waals surface area (Å²) in [4.78, 5) is 4.21. The molecule has 1 radical (unpaired) electrons. The van der Waals surface area contributed by atoms with Crippen LogP contribution < -0.4 is 0 Å². The molecule has 0 N–H and O–H groups in total. The van der Waals surface area contributed by atoms with Crippen LogP contribution in [0.5, 0.6) is 0 Å². The highest BCUT2D eigenvalue weighted by Gasteiger charge is 2.30. The Morgan fingerprint density at radius 2 is 1.31 bits per heavy atom. The Labute approximate surface area is 81.1 Å². The maximum Gasteiger partial charge on any atom is 0.488 e. The van der Waals surface area contributed by atoms with Gasteiger partial charge in [0.2, 0.25) is 0 Å². The van der Waals surface area contributed by atoms with Gasteiger partial charge in [0.15, 0.2) is 0 Å². The molecule has 4 nitrogen and oxygen atoms in total. The molecule has 1 heterocycles. The molecular weight excluding hydrogens is 167 g/mol. The number of nitrogens with zero attached hydrogens (tertiary/aromatic N) is 2. The first-order chi connectivity index (χ1) is 6.09. The lowest BCUT2D eigenvalue weighted by Crippen LogP contribution is -2.39. The summed E-state index contributed by atoms with van der Waals surface area (Å²) >= 11 is 0. The van der Waals surface area contributed by atoms with E-state index in [1.807, 2.05) is 28.2 Å². The van der Waals surface area contributed by atoms with Crippen molar-refractivity contribution in [2.75, 3.05) is 41.3 Å². The van der Waals surface area contributed by atoms with Crippen molar-refractivity contribution in [3.63, 3.8) is 0 Å². The first-order valence-electron chi connectivity index (χ1n) is 4.51. The summed E-state index contributed by atoms with van der Waals surface area (Å²) in [5, 5.41) is 0. The molecule has 1 rings (SSSR count). The van der Waals surface area contributed by atoms with Crippen molar-refractivity contribution >= 4 is 7.69 Å².